The molecule has 6 heteroatoms. The van der Waals surface area contributed by atoms with Crippen molar-refractivity contribution >= 4 is 5.69 Å². The topological polar surface area (TPSA) is 28.2 Å². The second-order valence-electron chi connectivity index (χ2n) is 7.02. The lowest BCUT2D eigenvalue weighted by atomic mass is 9.88. The monoisotopic (exact) mass is 315 g/mol. The summed E-state index contributed by atoms with van der Waals surface area (Å²) in [4.78, 5) is 5.73. The second-order valence-corrected chi connectivity index (χ2v) is 7.02. The molecule has 3 nitrogen and oxygen atoms in total. The molecule has 1 saturated heterocycles. The third kappa shape index (κ3) is 5.16. The largest absolute Gasteiger partial charge is 0.401 e. The van der Waals surface area contributed by atoms with Crippen LogP contribution in [0.4, 0.5) is 18.9 Å². The van der Waals surface area contributed by atoms with Crippen LogP contribution in [0.1, 0.15) is 39.2 Å². The van der Waals surface area contributed by atoms with Gasteiger partial charge in [-0.1, -0.05) is 20.8 Å². The Morgan fingerprint density at radius 2 is 1.82 bits per heavy atom. The van der Waals surface area contributed by atoms with Crippen molar-refractivity contribution in [3.8, 4) is 0 Å². The number of likely N-dealkylation sites (tertiary alicyclic amines) is 1. The molecule has 0 bridgehead atoms. The normalized spacial score (nSPS) is 18.5. The Morgan fingerprint density at radius 1 is 1.18 bits per heavy atom. The van der Waals surface area contributed by atoms with Crippen LogP contribution >= 0.6 is 0 Å². The number of piperidine rings is 1. The summed E-state index contributed by atoms with van der Waals surface area (Å²) in [7, 11) is 0. The van der Waals surface area contributed by atoms with Gasteiger partial charge in [0, 0.05) is 31.5 Å². The lowest BCUT2D eigenvalue weighted by Crippen LogP contribution is -2.43. The first-order valence-corrected chi connectivity index (χ1v) is 7.65. The van der Waals surface area contributed by atoms with E-state index in [0.29, 0.717) is 13.1 Å². The van der Waals surface area contributed by atoms with Crippen LogP contribution in [0, 0.1) is 0 Å². The molecule has 0 spiro atoms. The van der Waals surface area contributed by atoms with Crippen LogP contribution < -0.4 is 5.32 Å². The molecule has 22 heavy (non-hydrogen) atoms. The number of halogens is 3. The van der Waals surface area contributed by atoms with Crippen molar-refractivity contribution in [1.29, 1.82) is 0 Å². The van der Waals surface area contributed by atoms with E-state index in [4.69, 9.17) is 0 Å². The van der Waals surface area contributed by atoms with Gasteiger partial charge in [0.15, 0.2) is 0 Å². The Hall–Kier alpha value is -1.30. The minimum absolute atomic E-state index is 0.0285. The van der Waals surface area contributed by atoms with E-state index in [-0.39, 0.29) is 11.5 Å². The zero-order valence-electron chi connectivity index (χ0n) is 13.4. The minimum Gasteiger partial charge on any atom is -0.381 e. The van der Waals surface area contributed by atoms with Crippen LogP contribution in [-0.2, 0) is 5.41 Å². The number of aromatic nitrogens is 1. The van der Waals surface area contributed by atoms with Crippen LogP contribution in [-0.4, -0.2) is 41.7 Å². The summed E-state index contributed by atoms with van der Waals surface area (Å²) in [5, 5.41) is 3.41. The van der Waals surface area contributed by atoms with Crippen molar-refractivity contribution in [2.45, 2.75) is 51.2 Å². The van der Waals surface area contributed by atoms with Gasteiger partial charge >= 0.3 is 6.18 Å². The van der Waals surface area contributed by atoms with Gasteiger partial charge in [-0.05, 0) is 29.9 Å². The van der Waals surface area contributed by atoms with Gasteiger partial charge in [-0.25, -0.2) is 0 Å². The van der Waals surface area contributed by atoms with Gasteiger partial charge in [0.25, 0.3) is 0 Å². The van der Waals surface area contributed by atoms with E-state index >= 15 is 0 Å². The summed E-state index contributed by atoms with van der Waals surface area (Å²) in [5.74, 6) is 0. The molecule has 2 rings (SSSR count). The fraction of sp³-hybridized carbons (Fsp3) is 0.688. The summed E-state index contributed by atoms with van der Waals surface area (Å²) in [6.45, 7) is 6.53. The van der Waals surface area contributed by atoms with Crippen molar-refractivity contribution in [2.75, 3.05) is 25.0 Å². The average molecular weight is 315 g/mol. The Kier molecular flexibility index (Phi) is 5.00. The number of pyridine rings is 1. The molecule has 0 radical (unpaired) electrons. The molecule has 1 aliphatic rings. The second kappa shape index (κ2) is 6.44. The number of anilines is 1. The molecule has 0 amide bonds. The SMILES string of the molecule is CC(C)(C)c1cncc(NC2CCN(CC(F)(F)F)CC2)c1. The number of nitrogens with zero attached hydrogens (tertiary/aromatic N) is 2. The van der Waals surface area contributed by atoms with Crippen LogP contribution in [0.5, 0.6) is 0 Å². The van der Waals surface area contributed by atoms with Crippen LogP contribution in [0.2, 0.25) is 0 Å². The van der Waals surface area contributed by atoms with Crippen molar-refractivity contribution in [3.63, 3.8) is 0 Å². The van der Waals surface area contributed by atoms with Crippen molar-refractivity contribution in [1.82, 2.24) is 9.88 Å². The van der Waals surface area contributed by atoms with Gasteiger partial charge < -0.3 is 5.32 Å². The Balaban J connectivity index is 1.89. The fourth-order valence-corrected chi connectivity index (χ4v) is 2.65. The summed E-state index contributed by atoms with van der Waals surface area (Å²) in [5.41, 5.74) is 2.12. The number of hydrogen-bond acceptors (Lipinski definition) is 3. The summed E-state index contributed by atoms with van der Waals surface area (Å²) in [6, 6.07) is 2.29. The Labute approximate surface area is 129 Å². The standard InChI is InChI=1S/C16H24F3N3/c1-15(2,3)12-8-14(10-20-9-12)21-13-4-6-22(7-5-13)11-16(17,18)19/h8-10,13,21H,4-7,11H2,1-3H3. The predicted octanol–water partition coefficient (Wildman–Crippen LogP) is 3.82. The van der Waals surface area contributed by atoms with Crippen LogP contribution in [0.15, 0.2) is 18.5 Å². The molecule has 1 aromatic rings. The number of nitrogens with one attached hydrogen (secondary N) is 1. The van der Waals surface area contributed by atoms with E-state index in [1.807, 2.05) is 6.20 Å². The molecule has 0 aliphatic carbocycles. The number of rotatable bonds is 3. The number of hydrogen-bond donors (Lipinski definition) is 1. The average Bonchev–Trinajstić information content (AvgIpc) is 2.39. The van der Waals surface area contributed by atoms with E-state index in [0.717, 1.165) is 24.1 Å². The highest BCUT2D eigenvalue weighted by molar-refractivity contribution is 5.45. The maximum atomic E-state index is 12.4. The van der Waals surface area contributed by atoms with E-state index in [1.54, 1.807) is 6.20 Å². The predicted molar refractivity (Wildman–Crippen MR) is 82.1 cm³/mol. The molecule has 0 atom stereocenters. The molecule has 1 aliphatic heterocycles. The molecule has 1 aromatic heterocycles. The van der Waals surface area contributed by atoms with Gasteiger partial charge in [-0.2, -0.15) is 13.2 Å². The molecule has 0 saturated carbocycles. The maximum absolute atomic E-state index is 12.4. The minimum atomic E-state index is -4.11. The molecular formula is C16H24F3N3. The van der Waals surface area contributed by atoms with Gasteiger partial charge in [0.1, 0.15) is 0 Å². The first kappa shape index (κ1) is 17.1. The molecular weight excluding hydrogens is 291 g/mol. The smallest absolute Gasteiger partial charge is 0.381 e. The van der Waals surface area contributed by atoms with Gasteiger partial charge in [-0.3, -0.25) is 9.88 Å². The van der Waals surface area contributed by atoms with Gasteiger partial charge in [0.2, 0.25) is 0 Å². The first-order chi connectivity index (χ1) is 10.1. The quantitative estimate of drug-likeness (QED) is 0.919. The highest BCUT2D eigenvalue weighted by Crippen LogP contribution is 2.25. The summed E-state index contributed by atoms with van der Waals surface area (Å²) in [6.07, 6.45) is 0.964. The fourth-order valence-electron chi connectivity index (χ4n) is 2.65. The molecule has 2 heterocycles. The first-order valence-electron chi connectivity index (χ1n) is 7.65. The molecule has 1 N–H and O–H groups in total. The van der Waals surface area contributed by atoms with Crippen molar-refractivity contribution in [3.05, 3.63) is 24.0 Å². The van der Waals surface area contributed by atoms with E-state index in [2.05, 4.69) is 37.1 Å². The van der Waals surface area contributed by atoms with Crippen LogP contribution in [0.3, 0.4) is 0 Å². The third-order valence-corrected chi connectivity index (χ3v) is 3.97. The zero-order valence-corrected chi connectivity index (χ0v) is 13.4. The van der Waals surface area contributed by atoms with Crippen LogP contribution in [0.25, 0.3) is 0 Å². The Morgan fingerprint density at radius 3 is 2.36 bits per heavy atom. The van der Waals surface area contributed by atoms with E-state index < -0.39 is 12.7 Å². The number of alkyl halides is 3. The summed E-state index contributed by atoms with van der Waals surface area (Å²) < 4.78 is 37.1. The zero-order chi connectivity index (χ0) is 16.4. The third-order valence-electron chi connectivity index (χ3n) is 3.97. The van der Waals surface area contributed by atoms with Crippen molar-refractivity contribution in [2.24, 2.45) is 0 Å². The lowest BCUT2D eigenvalue weighted by Gasteiger charge is -2.33. The highest BCUT2D eigenvalue weighted by atomic mass is 19.4. The van der Waals surface area contributed by atoms with E-state index in [9.17, 15) is 13.2 Å². The van der Waals surface area contributed by atoms with Gasteiger partial charge in [-0.15, -0.1) is 0 Å². The molecule has 1 fully saturated rings. The lowest BCUT2D eigenvalue weighted by molar-refractivity contribution is -0.147. The highest BCUT2D eigenvalue weighted by Gasteiger charge is 2.32. The van der Waals surface area contributed by atoms with E-state index in [1.165, 1.54) is 4.90 Å². The van der Waals surface area contributed by atoms with Crippen molar-refractivity contribution < 1.29 is 13.2 Å². The molecule has 0 aromatic carbocycles. The Bertz CT molecular complexity index is 486. The summed E-state index contributed by atoms with van der Waals surface area (Å²) >= 11 is 0. The molecule has 124 valence electrons. The molecule has 0 unspecified atom stereocenters. The van der Waals surface area contributed by atoms with Gasteiger partial charge in [0.05, 0.1) is 12.2 Å². The maximum Gasteiger partial charge on any atom is 0.401 e.